The van der Waals surface area contributed by atoms with Gasteiger partial charge in [-0.2, -0.15) is 0 Å². The molecular weight excluding hydrogens is 397 g/mol. The zero-order valence-electron chi connectivity index (χ0n) is 16.1. The van der Waals surface area contributed by atoms with E-state index < -0.39 is 34.6 Å². The lowest BCUT2D eigenvalue weighted by Crippen LogP contribution is -2.25. The van der Waals surface area contributed by atoms with Crippen LogP contribution in [-0.4, -0.2) is 45.4 Å². The van der Waals surface area contributed by atoms with Gasteiger partial charge in [-0.05, 0) is 29.3 Å². The zero-order chi connectivity index (χ0) is 22.0. The second-order valence-corrected chi connectivity index (χ2v) is 6.56. The molecule has 3 rings (SSSR count). The monoisotopic (exact) mass is 415 g/mol. The fourth-order valence-corrected chi connectivity index (χ4v) is 3.08. The largest absolute Gasteiger partial charge is 0.505 e. The molecule has 1 amide bonds. The predicted octanol–water partition coefficient (Wildman–Crippen LogP) is 1.65. The van der Waals surface area contributed by atoms with E-state index in [2.05, 4.69) is 10.3 Å². The average molecular weight is 415 g/mol. The van der Waals surface area contributed by atoms with Gasteiger partial charge in [-0.25, -0.2) is 9.18 Å². The lowest BCUT2D eigenvalue weighted by molar-refractivity contribution is -0.119. The van der Waals surface area contributed by atoms with Gasteiger partial charge in [0.1, 0.15) is 17.9 Å². The van der Waals surface area contributed by atoms with Crippen LogP contribution in [-0.2, 0) is 23.0 Å². The zero-order valence-corrected chi connectivity index (χ0v) is 16.1. The summed E-state index contributed by atoms with van der Waals surface area (Å²) in [5, 5.41) is 21.9. The van der Waals surface area contributed by atoms with Crippen LogP contribution in [0.25, 0.3) is 11.0 Å². The van der Waals surface area contributed by atoms with Crippen molar-refractivity contribution < 1.29 is 28.9 Å². The number of hydrogen-bond donors (Lipinski definition) is 3. The Hall–Kier alpha value is -3.79. The Bertz CT molecular complexity index is 1220. The number of amides is 1. The predicted molar refractivity (Wildman–Crippen MR) is 105 cm³/mol. The molecular formula is C20H18FN3O6. The molecule has 3 N–H and O–H groups in total. The summed E-state index contributed by atoms with van der Waals surface area (Å²) in [5.41, 5.74) is -0.00644. The average Bonchev–Trinajstić information content (AvgIpc) is 2.68. The van der Waals surface area contributed by atoms with Gasteiger partial charge in [0.2, 0.25) is 5.91 Å². The summed E-state index contributed by atoms with van der Waals surface area (Å²) in [6.45, 7) is -0.194. The minimum absolute atomic E-state index is 0.0361. The van der Waals surface area contributed by atoms with Crippen LogP contribution in [0.1, 0.15) is 21.5 Å². The highest BCUT2D eigenvalue weighted by atomic mass is 19.1. The van der Waals surface area contributed by atoms with Gasteiger partial charge in [-0.3, -0.25) is 14.6 Å². The van der Waals surface area contributed by atoms with Gasteiger partial charge < -0.3 is 24.8 Å². The molecule has 0 aliphatic rings. The first-order valence-electron chi connectivity index (χ1n) is 8.74. The van der Waals surface area contributed by atoms with Gasteiger partial charge in [0.05, 0.1) is 5.52 Å². The maximum Gasteiger partial charge on any atom is 0.345 e. The second kappa shape index (κ2) is 8.29. The number of hydrogen-bond acceptors (Lipinski definition) is 6. The number of rotatable bonds is 6. The number of halogens is 1. The molecule has 2 heterocycles. The van der Waals surface area contributed by atoms with Crippen molar-refractivity contribution in [3.63, 3.8) is 0 Å². The van der Waals surface area contributed by atoms with Gasteiger partial charge in [-0.1, -0.05) is 6.07 Å². The number of ether oxygens (including phenoxy) is 1. The van der Waals surface area contributed by atoms with E-state index in [0.717, 1.165) is 4.57 Å². The van der Waals surface area contributed by atoms with E-state index in [9.17, 15) is 23.9 Å². The van der Waals surface area contributed by atoms with Crippen LogP contribution in [0.3, 0.4) is 0 Å². The SMILES string of the molecule is COCC(=O)Nc1cc(F)ccc1Cc1cnc2c(O)c(C(=O)O)c(=O)n(C)c2c1. The van der Waals surface area contributed by atoms with Crippen LogP contribution in [0.5, 0.6) is 5.75 Å². The summed E-state index contributed by atoms with van der Waals surface area (Å²) in [4.78, 5) is 39.5. The Morgan fingerprint density at radius 3 is 2.70 bits per heavy atom. The highest BCUT2D eigenvalue weighted by Gasteiger charge is 2.21. The number of nitrogens with one attached hydrogen (secondary N) is 1. The van der Waals surface area contributed by atoms with E-state index >= 15 is 0 Å². The van der Waals surface area contributed by atoms with Crippen LogP contribution in [0.15, 0.2) is 35.3 Å². The molecule has 2 aromatic heterocycles. The molecule has 0 spiro atoms. The Balaban J connectivity index is 2.04. The molecule has 0 fully saturated rings. The molecule has 0 saturated heterocycles. The molecule has 0 aliphatic carbocycles. The Labute approximate surface area is 169 Å². The highest BCUT2D eigenvalue weighted by molar-refractivity contribution is 5.97. The third-order valence-corrected chi connectivity index (χ3v) is 4.50. The summed E-state index contributed by atoms with van der Waals surface area (Å²) < 4.78 is 19.5. The van der Waals surface area contributed by atoms with Crippen molar-refractivity contribution >= 4 is 28.6 Å². The number of aromatic carboxylic acids is 1. The van der Waals surface area contributed by atoms with Crippen molar-refractivity contribution in [3.8, 4) is 5.75 Å². The van der Waals surface area contributed by atoms with E-state index in [-0.39, 0.29) is 29.7 Å². The highest BCUT2D eigenvalue weighted by Crippen LogP contribution is 2.27. The molecule has 10 heteroatoms. The van der Waals surface area contributed by atoms with Crippen LogP contribution in [0.2, 0.25) is 0 Å². The number of carbonyl (C=O) groups is 2. The molecule has 0 atom stereocenters. The maximum absolute atomic E-state index is 13.7. The van der Waals surface area contributed by atoms with Gasteiger partial charge in [0.25, 0.3) is 5.56 Å². The number of aromatic nitrogens is 2. The fraction of sp³-hybridized carbons (Fsp3) is 0.200. The molecule has 0 saturated carbocycles. The Kier molecular flexibility index (Phi) is 5.79. The third-order valence-electron chi connectivity index (χ3n) is 4.50. The molecule has 1 aromatic carbocycles. The maximum atomic E-state index is 13.7. The molecule has 0 unspecified atom stereocenters. The van der Waals surface area contributed by atoms with Crippen molar-refractivity contribution in [3.05, 3.63) is 63.3 Å². The first kappa shape index (κ1) is 20.9. The second-order valence-electron chi connectivity index (χ2n) is 6.56. The number of fused-ring (bicyclic) bond motifs is 1. The first-order valence-corrected chi connectivity index (χ1v) is 8.74. The number of nitrogens with zero attached hydrogens (tertiary/aromatic N) is 2. The standard InChI is InChI=1S/C20H18FN3O6/c1-24-14-6-10(8-22-17(14)18(26)16(19(24)27)20(28)29)5-11-3-4-12(21)7-13(11)23-15(25)9-30-2/h3-4,6-8,26H,5,9H2,1-2H3,(H,23,25)(H,28,29). The molecule has 9 nitrogen and oxygen atoms in total. The summed E-state index contributed by atoms with van der Waals surface area (Å²) in [6, 6.07) is 5.50. The molecule has 30 heavy (non-hydrogen) atoms. The minimum atomic E-state index is -1.55. The lowest BCUT2D eigenvalue weighted by Gasteiger charge is -2.13. The van der Waals surface area contributed by atoms with Crippen molar-refractivity contribution in [2.75, 3.05) is 19.0 Å². The number of aryl methyl sites for hydroxylation is 1. The van der Waals surface area contributed by atoms with Crippen LogP contribution in [0.4, 0.5) is 10.1 Å². The van der Waals surface area contributed by atoms with Crippen LogP contribution >= 0.6 is 0 Å². The van der Waals surface area contributed by atoms with Gasteiger partial charge in [-0.15, -0.1) is 0 Å². The number of methoxy groups -OCH3 is 1. The molecule has 0 radical (unpaired) electrons. The smallest absolute Gasteiger partial charge is 0.345 e. The topological polar surface area (TPSA) is 131 Å². The van der Waals surface area contributed by atoms with Crippen molar-refractivity contribution in [2.24, 2.45) is 7.05 Å². The van der Waals surface area contributed by atoms with Gasteiger partial charge in [0.15, 0.2) is 11.3 Å². The van der Waals surface area contributed by atoms with Gasteiger partial charge in [0, 0.05) is 32.5 Å². The number of anilines is 1. The van der Waals surface area contributed by atoms with E-state index in [0.29, 0.717) is 11.1 Å². The number of aromatic hydroxyl groups is 1. The molecule has 3 aromatic rings. The summed E-state index contributed by atoms with van der Waals surface area (Å²) in [6.07, 6.45) is 1.63. The quantitative estimate of drug-likeness (QED) is 0.558. The van der Waals surface area contributed by atoms with E-state index in [1.807, 2.05) is 0 Å². The normalized spacial score (nSPS) is 10.9. The molecule has 156 valence electrons. The van der Waals surface area contributed by atoms with E-state index in [1.54, 1.807) is 6.07 Å². The van der Waals surface area contributed by atoms with Crippen LogP contribution in [0, 0.1) is 5.82 Å². The Morgan fingerprint density at radius 1 is 1.30 bits per heavy atom. The number of pyridine rings is 2. The summed E-state index contributed by atoms with van der Waals surface area (Å²) >= 11 is 0. The third kappa shape index (κ3) is 3.98. The van der Waals surface area contributed by atoms with Crippen LogP contribution < -0.4 is 10.9 Å². The minimum Gasteiger partial charge on any atom is -0.505 e. The summed E-state index contributed by atoms with van der Waals surface area (Å²) in [5.74, 6) is -3.24. The Morgan fingerprint density at radius 2 is 2.03 bits per heavy atom. The number of benzene rings is 1. The first-order chi connectivity index (χ1) is 14.2. The van der Waals surface area contributed by atoms with E-state index in [4.69, 9.17) is 9.84 Å². The number of carbonyl (C=O) groups excluding carboxylic acids is 1. The molecule has 0 aliphatic heterocycles. The van der Waals surface area contributed by atoms with Crippen molar-refractivity contribution in [1.29, 1.82) is 0 Å². The number of carboxylic acid groups (broad SMARTS) is 1. The lowest BCUT2D eigenvalue weighted by atomic mass is 10.0. The fourth-order valence-electron chi connectivity index (χ4n) is 3.08. The molecule has 0 bridgehead atoms. The summed E-state index contributed by atoms with van der Waals surface area (Å²) in [7, 11) is 2.73. The van der Waals surface area contributed by atoms with E-state index in [1.165, 1.54) is 38.6 Å². The van der Waals surface area contributed by atoms with Crippen molar-refractivity contribution in [1.82, 2.24) is 9.55 Å². The van der Waals surface area contributed by atoms with Gasteiger partial charge >= 0.3 is 5.97 Å². The van der Waals surface area contributed by atoms with Crippen molar-refractivity contribution in [2.45, 2.75) is 6.42 Å². The number of carboxylic acids is 1.